The molecule has 0 atom stereocenters. The van der Waals surface area contributed by atoms with E-state index in [1.165, 1.54) is 82.0 Å². The Kier molecular flexibility index (Phi) is 9.65. The van der Waals surface area contributed by atoms with Gasteiger partial charge in [-0.25, -0.2) is 19.0 Å². The maximum atomic E-state index is 12.1. The second-order valence-electron chi connectivity index (χ2n) is 7.31. The molecule has 0 fully saturated rings. The van der Waals surface area contributed by atoms with Gasteiger partial charge in [-0.3, -0.25) is 0 Å². The lowest BCUT2D eigenvalue weighted by molar-refractivity contribution is 0.0493. The number of esters is 1. The highest BCUT2D eigenvalue weighted by atomic mass is 16.5. The van der Waals surface area contributed by atoms with Gasteiger partial charge in [0.05, 0.1) is 6.61 Å². The first-order valence-corrected chi connectivity index (χ1v) is 10.6. The van der Waals surface area contributed by atoms with E-state index in [1.807, 2.05) is 0 Å². The molecule has 0 saturated carbocycles. The number of unbranched alkanes of at least 4 members (excludes halogenated alkanes) is 11. The number of carbonyl (C=O) groups is 1. The molecule has 156 valence electrons. The van der Waals surface area contributed by atoms with Gasteiger partial charge in [0.2, 0.25) is 0 Å². The molecule has 0 aromatic carbocycles. The number of ether oxygens (including phenoxy) is 1. The fourth-order valence-corrected chi connectivity index (χ4v) is 3.20. The van der Waals surface area contributed by atoms with Gasteiger partial charge in [-0.05, 0) is 6.42 Å². The third-order valence-electron chi connectivity index (χ3n) is 4.92. The molecule has 0 saturated heterocycles. The summed E-state index contributed by atoms with van der Waals surface area (Å²) < 4.78 is 7.53. The molecule has 0 bridgehead atoms. The quantitative estimate of drug-likeness (QED) is 0.360. The number of fused-ring (bicyclic) bond motifs is 1. The first-order chi connectivity index (χ1) is 13.6. The van der Waals surface area contributed by atoms with Crippen LogP contribution in [0.15, 0.2) is 11.1 Å². The van der Waals surface area contributed by atoms with E-state index in [9.17, 15) is 9.59 Å². The molecule has 28 heavy (non-hydrogen) atoms. The van der Waals surface area contributed by atoms with E-state index in [4.69, 9.17) is 4.74 Å². The summed E-state index contributed by atoms with van der Waals surface area (Å²) >= 11 is 0. The van der Waals surface area contributed by atoms with Crippen molar-refractivity contribution in [3.8, 4) is 0 Å². The number of carbonyl (C=O) groups excluding carboxylic acids is 1. The fourth-order valence-electron chi connectivity index (χ4n) is 3.20. The van der Waals surface area contributed by atoms with Gasteiger partial charge in [-0.2, -0.15) is 4.68 Å². The normalized spacial score (nSPS) is 11.2. The molecule has 0 N–H and O–H groups in total. The summed E-state index contributed by atoms with van der Waals surface area (Å²) in [6, 6.07) is 0. The van der Waals surface area contributed by atoms with Crippen LogP contribution in [-0.2, 0) is 11.8 Å². The molecule has 0 aliphatic heterocycles. The van der Waals surface area contributed by atoms with E-state index >= 15 is 0 Å². The van der Waals surface area contributed by atoms with E-state index < -0.39 is 11.7 Å². The Morgan fingerprint density at radius 3 is 2.14 bits per heavy atom. The van der Waals surface area contributed by atoms with E-state index in [1.54, 1.807) is 0 Å². The van der Waals surface area contributed by atoms with Gasteiger partial charge in [0, 0.05) is 7.05 Å². The SMILES string of the molecule is CCCCCCCCCCCCCCOC(=O)c1ncn2c(=O)n(C)nnc12. The Labute approximate surface area is 166 Å². The second kappa shape index (κ2) is 12.3. The average molecular weight is 392 g/mol. The van der Waals surface area contributed by atoms with Gasteiger partial charge in [-0.1, -0.05) is 82.8 Å². The molecule has 0 aliphatic rings. The Balaban J connectivity index is 1.54. The van der Waals surface area contributed by atoms with Crippen molar-refractivity contribution in [2.24, 2.45) is 7.05 Å². The fraction of sp³-hybridized carbons (Fsp3) is 0.750. The summed E-state index contributed by atoms with van der Waals surface area (Å²) in [4.78, 5) is 28.0. The minimum absolute atomic E-state index is 0.0316. The number of hydrogen-bond acceptors (Lipinski definition) is 6. The summed E-state index contributed by atoms with van der Waals surface area (Å²) in [6.45, 7) is 2.60. The zero-order chi connectivity index (χ0) is 20.2. The van der Waals surface area contributed by atoms with Crippen LogP contribution in [-0.4, -0.2) is 37.0 Å². The van der Waals surface area contributed by atoms with Crippen LogP contribution >= 0.6 is 0 Å². The van der Waals surface area contributed by atoms with Crippen molar-refractivity contribution in [2.75, 3.05) is 6.61 Å². The lowest BCUT2D eigenvalue weighted by Crippen LogP contribution is -2.27. The summed E-state index contributed by atoms with van der Waals surface area (Å²) in [7, 11) is 1.49. The average Bonchev–Trinajstić information content (AvgIpc) is 3.13. The molecule has 2 aromatic rings. The lowest BCUT2D eigenvalue weighted by Gasteiger charge is -2.04. The molecule has 8 nitrogen and oxygen atoms in total. The zero-order valence-corrected chi connectivity index (χ0v) is 17.2. The number of rotatable bonds is 14. The number of imidazole rings is 1. The van der Waals surface area contributed by atoms with Crippen LogP contribution in [0.25, 0.3) is 5.65 Å². The topological polar surface area (TPSA) is 91.4 Å². The van der Waals surface area contributed by atoms with E-state index in [0.29, 0.717) is 6.61 Å². The Morgan fingerprint density at radius 2 is 1.54 bits per heavy atom. The molecule has 0 spiro atoms. The third kappa shape index (κ3) is 6.73. The molecule has 8 heteroatoms. The summed E-state index contributed by atoms with van der Waals surface area (Å²) in [6.07, 6.45) is 16.4. The molecule has 2 heterocycles. The van der Waals surface area contributed by atoms with Crippen LogP contribution in [0.1, 0.15) is 94.5 Å². The minimum Gasteiger partial charge on any atom is -0.461 e. The van der Waals surface area contributed by atoms with Crippen molar-refractivity contribution in [1.82, 2.24) is 24.4 Å². The predicted molar refractivity (Wildman–Crippen MR) is 107 cm³/mol. The lowest BCUT2D eigenvalue weighted by atomic mass is 10.1. The van der Waals surface area contributed by atoms with Gasteiger partial charge < -0.3 is 4.74 Å². The molecular weight excluding hydrogens is 358 g/mol. The van der Waals surface area contributed by atoms with Gasteiger partial charge >= 0.3 is 11.7 Å². The highest BCUT2D eigenvalue weighted by Gasteiger charge is 2.18. The van der Waals surface area contributed by atoms with E-state index in [-0.39, 0.29) is 11.3 Å². The smallest absolute Gasteiger partial charge is 0.360 e. The number of aryl methyl sites for hydroxylation is 1. The Hall–Kier alpha value is -2.25. The van der Waals surface area contributed by atoms with Crippen LogP contribution in [0.2, 0.25) is 0 Å². The van der Waals surface area contributed by atoms with Crippen molar-refractivity contribution in [3.05, 3.63) is 22.5 Å². The first kappa shape index (κ1) is 22.0. The third-order valence-corrected chi connectivity index (χ3v) is 4.92. The molecule has 0 amide bonds. The van der Waals surface area contributed by atoms with E-state index in [0.717, 1.165) is 17.5 Å². The van der Waals surface area contributed by atoms with Gasteiger partial charge in [-0.15, -0.1) is 5.10 Å². The van der Waals surface area contributed by atoms with Crippen molar-refractivity contribution in [3.63, 3.8) is 0 Å². The number of nitrogens with zero attached hydrogens (tertiary/aromatic N) is 5. The number of aromatic nitrogens is 5. The predicted octanol–water partition coefficient (Wildman–Crippen LogP) is 3.68. The molecule has 0 aliphatic carbocycles. The van der Waals surface area contributed by atoms with Gasteiger partial charge in [0.1, 0.15) is 6.33 Å². The van der Waals surface area contributed by atoms with E-state index in [2.05, 4.69) is 22.2 Å². The molecule has 0 radical (unpaired) electrons. The molecule has 0 unspecified atom stereocenters. The number of hydrogen-bond donors (Lipinski definition) is 0. The van der Waals surface area contributed by atoms with Crippen LogP contribution in [0.5, 0.6) is 0 Å². The van der Waals surface area contributed by atoms with Crippen molar-refractivity contribution in [1.29, 1.82) is 0 Å². The second-order valence-corrected chi connectivity index (χ2v) is 7.31. The Bertz CT molecular complexity index is 784. The van der Waals surface area contributed by atoms with Crippen LogP contribution in [0.3, 0.4) is 0 Å². The molecular formula is C20H33N5O3. The van der Waals surface area contributed by atoms with Crippen LogP contribution < -0.4 is 5.69 Å². The maximum absolute atomic E-state index is 12.1. The summed E-state index contributed by atoms with van der Waals surface area (Å²) in [5.41, 5.74) is -0.246. The Morgan fingerprint density at radius 1 is 0.964 bits per heavy atom. The standard InChI is InChI=1S/C20H33N5O3/c1-3-4-5-6-7-8-9-10-11-12-13-14-15-28-19(26)17-18-22-23-24(2)20(27)25(18)16-21-17/h16H,3-15H2,1-2H3. The summed E-state index contributed by atoms with van der Waals surface area (Å²) in [5.74, 6) is -0.562. The highest BCUT2D eigenvalue weighted by Crippen LogP contribution is 2.12. The zero-order valence-electron chi connectivity index (χ0n) is 17.2. The van der Waals surface area contributed by atoms with Gasteiger partial charge in [0.15, 0.2) is 11.3 Å². The van der Waals surface area contributed by atoms with Crippen molar-refractivity contribution in [2.45, 2.75) is 84.0 Å². The first-order valence-electron chi connectivity index (χ1n) is 10.6. The van der Waals surface area contributed by atoms with Crippen LogP contribution in [0, 0.1) is 0 Å². The van der Waals surface area contributed by atoms with Crippen LogP contribution in [0.4, 0.5) is 0 Å². The largest absolute Gasteiger partial charge is 0.461 e. The van der Waals surface area contributed by atoms with Crippen molar-refractivity contribution < 1.29 is 9.53 Å². The molecule has 2 aromatic heterocycles. The van der Waals surface area contributed by atoms with Gasteiger partial charge in [0.25, 0.3) is 0 Å². The minimum atomic E-state index is -0.562. The highest BCUT2D eigenvalue weighted by molar-refractivity contribution is 5.93. The summed E-state index contributed by atoms with van der Waals surface area (Å²) in [5, 5.41) is 7.53. The monoisotopic (exact) mass is 391 g/mol. The van der Waals surface area contributed by atoms with Crippen molar-refractivity contribution >= 4 is 11.6 Å². The molecule has 2 rings (SSSR count). The maximum Gasteiger partial charge on any atom is 0.360 e.